The van der Waals surface area contributed by atoms with Crippen LogP contribution in [0.15, 0.2) is 0 Å². The Labute approximate surface area is 96.5 Å². The van der Waals surface area contributed by atoms with E-state index in [0.717, 1.165) is 19.3 Å². The predicted molar refractivity (Wildman–Crippen MR) is 59.8 cm³/mol. The van der Waals surface area contributed by atoms with Crippen molar-refractivity contribution in [2.45, 2.75) is 46.5 Å². The smallest absolute Gasteiger partial charge is 0.306 e. The number of ether oxygens (including phenoxy) is 1. The number of carbonyl (C=O) groups excluding carboxylic acids is 2. The normalized spacial score (nSPS) is 35.4. The van der Waals surface area contributed by atoms with Crippen LogP contribution in [0.5, 0.6) is 0 Å². The number of ketones is 1. The molecule has 0 N–H and O–H groups in total. The van der Waals surface area contributed by atoms with Gasteiger partial charge in [-0.2, -0.15) is 0 Å². The summed E-state index contributed by atoms with van der Waals surface area (Å²) in [6, 6.07) is 0. The molecular weight excluding hydrogens is 204 g/mol. The maximum absolute atomic E-state index is 12.3. The summed E-state index contributed by atoms with van der Waals surface area (Å²) >= 11 is 0. The van der Waals surface area contributed by atoms with Crippen LogP contribution in [-0.4, -0.2) is 18.4 Å². The highest BCUT2D eigenvalue weighted by molar-refractivity contribution is 5.96. The molecule has 0 amide bonds. The van der Waals surface area contributed by atoms with Crippen molar-refractivity contribution in [1.29, 1.82) is 0 Å². The van der Waals surface area contributed by atoms with Gasteiger partial charge in [0.15, 0.2) is 0 Å². The zero-order valence-electron chi connectivity index (χ0n) is 10.3. The van der Waals surface area contributed by atoms with Crippen molar-refractivity contribution in [2.75, 3.05) is 6.61 Å². The highest BCUT2D eigenvalue weighted by Gasteiger charge is 2.61. The SMILES string of the molecule is CCOC(=O)CC12CCC(C1)C(C)(C)C2=O. The van der Waals surface area contributed by atoms with E-state index in [0.29, 0.717) is 18.9 Å². The first kappa shape index (κ1) is 11.6. The third-order valence-electron chi connectivity index (χ3n) is 4.48. The van der Waals surface area contributed by atoms with Crippen LogP contribution in [-0.2, 0) is 14.3 Å². The van der Waals surface area contributed by atoms with Crippen molar-refractivity contribution in [3.63, 3.8) is 0 Å². The molecule has 16 heavy (non-hydrogen) atoms. The van der Waals surface area contributed by atoms with Gasteiger partial charge >= 0.3 is 5.97 Å². The Balaban J connectivity index is 2.15. The maximum atomic E-state index is 12.3. The lowest BCUT2D eigenvalue weighted by Gasteiger charge is -2.32. The molecule has 2 rings (SSSR count). The fourth-order valence-electron chi connectivity index (χ4n) is 3.55. The van der Waals surface area contributed by atoms with Crippen LogP contribution in [0.4, 0.5) is 0 Å². The van der Waals surface area contributed by atoms with Gasteiger partial charge in [0.1, 0.15) is 5.78 Å². The summed E-state index contributed by atoms with van der Waals surface area (Å²) in [6.45, 7) is 6.24. The lowest BCUT2D eigenvalue weighted by Crippen LogP contribution is -2.38. The number of Topliss-reactive ketones (excluding diaryl/α,β-unsaturated/α-hetero) is 1. The Hall–Kier alpha value is -0.860. The van der Waals surface area contributed by atoms with E-state index in [-0.39, 0.29) is 22.6 Å². The summed E-state index contributed by atoms with van der Waals surface area (Å²) in [5, 5.41) is 0. The summed E-state index contributed by atoms with van der Waals surface area (Å²) in [5.41, 5.74) is -0.620. The molecule has 0 aliphatic heterocycles. The van der Waals surface area contributed by atoms with E-state index < -0.39 is 0 Å². The maximum Gasteiger partial charge on any atom is 0.306 e. The van der Waals surface area contributed by atoms with Crippen LogP contribution in [0, 0.1) is 16.7 Å². The summed E-state index contributed by atoms with van der Waals surface area (Å²) in [4.78, 5) is 23.9. The third kappa shape index (κ3) is 1.48. The number of fused-ring (bicyclic) bond motifs is 2. The highest BCUT2D eigenvalue weighted by atomic mass is 16.5. The molecule has 3 heteroatoms. The molecule has 2 aliphatic rings. The zero-order chi connectivity index (χ0) is 12.0. The third-order valence-corrected chi connectivity index (χ3v) is 4.48. The number of hydrogen-bond acceptors (Lipinski definition) is 3. The molecule has 0 aromatic rings. The van der Waals surface area contributed by atoms with Crippen LogP contribution in [0.1, 0.15) is 46.5 Å². The number of carbonyl (C=O) groups is 2. The van der Waals surface area contributed by atoms with Gasteiger partial charge in [0.05, 0.1) is 13.0 Å². The first-order chi connectivity index (χ1) is 7.42. The molecule has 2 unspecified atom stereocenters. The average Bonchev–Trinajstić information content (AvgIpc) is 2.68. The van der Waals surface area contributed by atoms with Gasteiger partial charge in [0.25, 0.3) is 0 Å². The lowest BCUT2D eigenvalue weighted by atomic mass is 9.70. The minimum Gasteiger partial charge on any atom is -0.466 e. The van der Waals surface area contributed by atoms with Crippen molar-refractivity contribution >= 4 is 11.8 Å². The van der Waals surface area contributed by atoms with Gasteiger partial charge < -0.3 is 4.74 Å². The predicted octanol–water partition coefficient (Wildman–Crippen LogP) is 2.33. The van der Waals surface area contributed by atoms with Gasteiger partial charge in [0.2, 0.25) is 0 Å². The van der Waals surface area contributed by atoms with Crippen molar-refractivity contribution < 1.29 is 14.3 Å². The Kier molecular flexibility index (Phi) is 2.59. The van der Waals surface area contributed by atoms with E-state index in [1.807, 2.05) is 13.8 Å². The molecule has 2 aliphatic carbocycles. The molecule has 0 saturated heterocycles. The average molecular weight is 224 g/mol. The first-order valence-corrected chi connectivity index (χ1v) is 6.13. The topological polar surface area (TPSA) is 43.4 Å². The van der Waals surface area contributed by atoms with Crippen molar-refractivity contribution in [3.05, 3.63) is 0 Å². The molecule has 3 nitrogen and oxygen atoms in total. The van der Waals surface area contributed by atoms with E-state index >= 15 is 0 Å². The second-order valence-electron chi connectivity index (χ2n) is 5.75. The van der Waals surface area contributed by atoms with Crippen molar-refractivity contribution in [1.82, 2.24) is 0 Å². The minimum absolute atomic E-state index is 0.214. The minimum atomic E-state index is -0.388. The van der Waals surface area contributed by atoms with E-state index in [1.54, 1.807) is 6.92 Å². The van der Waals surface area contributed by atoms with Crippen LogP contribution < -0.4 is 0 Å². The van der Waals surface area contributed by atoms with Gasteiger partial charge in [0, 0.05) is 10.8 Å². The summed E-state index contributed by atoms with van der Waals surface area (Å²) in [7, 11) is 0. The Bertz CT molecular complexity index is 332. The molecule has 0 aromatic carbocycles. The molecule has 0 aromatic heterocycles. The van der Waals surface area contributed by atoms with Gasteiger partial charge in [-0.3, -0.25) is 9.59 Å². The molecule has 0 radical (unpaired) electrons. The molecule has 2 bridgehead atoms. The molecule has 2 saturated carbocycles. The van der Waals surface area contributed by atoms with Crippen LogP contribution in [0.3, 0.4) is 0 Å². The molecule has 2 atom stereocenters. The largest absolute Gasteiger partial charge is 0.466 e. The summed E-state index contributed by atoms with van der Waals surface area (Å²) in [5.74, 6) is 0.535. The summed E-state index contributed by atoms with van der Waals surface area (Å²) in [6.07, 6.45) is 3.13. The van der Waals surface area contributed by atoms with E-state index in [9.17, 15) is 9.59 Å². The van der Waals surface area contributed by atoms with Gasteiger partial charge in [-0.1, -0.05) is 13.8 Å². The fraction of sp³-hybridized carbons (Fsp3) is 0.846. The zero-order valence-corrected chi connectivity index (χ0v) is 10.3. The highest BCUT2D eigenvalue weighted by Crippen LogP contribution is 2.61. The van der Waals surface area contributed by atoms with Gasteiger partial charge in [-0.15, -0.1) is 0 Å². The lowest BCUT2D eigenvalue weighted by molar-refractivity contribution is -0.150. The molecule has 0 spiro atoms. The van der Waals surface area contributed by atoms with Crippen molar-refractivity contribution in [3.8, 4) is 0 Å². The second-order valence-corrected chi connectivity index (χ2v) is 5.75. The molecule has 90 valence electrons. The quantitative estimate of drug-likeness (QED) is 0.691. The van der Waals surface area contributed by atoms with Crippen LogP contribution >= 0.6 is 0 Å². The second kappa shape index (κ2) is 3.57. The molecule has 0 heterocycles. The molecular formula is C13H20O3. The number of rotatable bonds is 3. The Morgan fingerprint density at radius 1 is 1.50 bits per heavy atom. The molecule has 2 fully saturated rings. The first-order valence-electron chi connectivity index (χ1n) is 6.13. The van der Waals surface area contributed by atoms with E-state index in [4.69, 9.17) is 4.74 Å². The van der Waals surface area contributed by atoms with E-state index in [2.05, 4.69) is 0 Å². The summed E-state index contributed by atoms with van der Waals surface area (Å²) < 4.78 is 4.97. The van der Waals surface area contributed by atoms with Crippen molar-refractivity contribution in [2.24, 2.45) is 16.7 Å². The number of hydrogen-bond donors (Lipinski definition) is 0. The van der Waals surface area contributed by atoms with E-state index in [1.165, 1.54) is 0 Å². The Morgan fingerprint density at radius 2 is 2.19 bits per heavy atom. The van der Waals surface area contributed by atoms with Gasteiger partial charge in [-0.25, -0.2) is 0 Å². The number of esters is 1. The Morgan fingerprint density at radius 3 is 2.69 bits per heavy atom. The van der Waals surface area contributed by atoms with Crippen LogP contribution in [0.2, 0.25) is 0 Å². The van der Waals surface area contributed by atoms with Gasteiger partial charge in [-0.05, 0) is 32.1 Å². The van der Waals surface area contributed by atoms with Crippen LogP contribution in [0.25, 0.3) is 0 Å². The fourth-order valence-corrected chi connectivity index (χ4v) is 3.55. The monoisotopic (exact) mass is 224 g/mol. The standard InChI is InChI=1S/C13H20O3/c1-4-16-10(14)8-13-6-5-9(7-13)12(2,3)11(13)15/h9H,4-8H2,1-3H3.